The second kappa shape index (κ2) is 13.0. The lowest BCUT2D eigenvalue weighted by Crippen LogP contribution is -2.22. The van der Waals surface area contributed by atoms with E-state index in [-0.39, 0.29) is 0 Å². The highest BCUT2D eigenvalue weighted by atomic mass is 79.9. The molecule has 2 heterocycles. The van der Waals surface area contributed by atoms with Gasteiger partial charge in [0, 0.05) is 40.6 Å². The summed E-state index contributed by atoms with van der Waals surface area (Å²) in [5, 5.41) is 0. The molecule has 0 bridgehead atoms. The second-order valence-corrected chi connectivity index (χ2v) is 9.18. The van der Waals surface area contributed by atoms with Crippen LogP contribution in [0.1, 0.15) is 11.1 Å². The molecule has 0 aliphatic carbocycles. The Kier molecular flexibility index (Phi) is 9.73. The number of halogens is 2. The van der Waals surface area contributed by atoms with E-state index in [1.165, 1.54) is 11.1 Å². The average molecular weight is 586 g/mol. The summed E-state index contributed by atoms with van der Waals surface area (Å²) in [5.74, 6) is 1.72. The molecule has 4 rings (SSSR count). The Balaban J connectivity index is 0.000000343. The van der Waals surface area contributed by atoms with Gasteiger partial charge in [0.05, 0.1) is 31.8 Å². The first kappa shape index (κ1) is 25.5. The van der Waals surface area contributed by atoms with Crippen molar-refractivity contribution >= 4 is 43.2 Å². The Morgan fingerprint density at radius 3 is 1.56 bits per heavy atom. The Bertz CT molecular complexity index is 1110. The molecule has 0 atom stereocenters. The van der Waals surface area contributed by atoms with Crippen LogP contribution in [0.25, 0.3) is 0 Å². The standard InChI is InChI=1S/C21H21BrN2O2.C5H5BrN2/c1-25-20-7-3-16(4-8-20)14-24(19-11-18(22)12-23-13-19)15-17-5-9-21(26-2)10-6-17;6-4-1-5(7)3-8-2-4/h3-13H,14-15H2,1-2H3;1-3H,7H2. The van der Waals surface area contributed by atoms with Crippen LogP contribution in [0.2, 0.25) is 0 Å². The largest absolute Gasteiger partial charge is 0.497 e. The number of pyridine rings is 2. The lowest BCUT2D eigenvalue weighted by molar-refractivity contribution is 0.414. The normalized spacial score (nSPS) is 10.1. The SMILES string of the molecule is COc1ccc(CN(Cc2ccc(OC)cc2)c2cncc(Br)c2)cc1.Nc1cncc(Br)c1. The summed E-state index contributed by atoms with van der Waals surface area (Å²) in [6.07, 6.45) is 6.97. The summed E-state index contributed by atoms with van der Waals surface area (Å²) >= 11 is 6.74. The lowest BCUT2D eigenvalue weighted by atomic mass is 10.1. The average Bonchev–Trinajstić information content (AvgIpc) is 2.85. The quantitative estimate of drug-likeness (QED) is 0.267. The molecular formula is C26H26Br2N4O2. The van der Waals surface area contributed by atoms with E-state index >= 15 is 0 Å². The molecule has 6 nitrogen and oxygen atoms in total. The third kappa shape index (κ3) is 8.04. The molecule has 2 N–H and O–H groups in total. The zero-order chi connectivity index (χ0) is 24.3. The van der Waals surface area contributed by atoms with E-state index in [1.54, 1.807) is 38.9 Å². The zero-order valence-corrected chi connectivity index (χ0v) is 22.2. The van der Waals surface area contributed by atoms with Gasteiger partial charge in [-0.1, -0.05) is 24.3 Å². The summed E-state index contributed by atoms with van der Waals surface area (Å²) in [7, 11) is 3.36. The molecule has 34 heavy (non-hydrogen) atoms. The van der Waals surface area contributed by atoms with E-state index in [4.69, 9.17) is 15.2 Å². The smallest absolute Gasteiger partial charge is 0.118 e. The number of aromatic nitrogens is 2. The van der Waals surface area contributed by atoms with Gasteiger partial charge in [-0.05, 0) is 79.4 Å². The first-order valence-electron chi connectivity index (χ1n) is 10.4. The predicted molar refractivity (Wildman–Crippen MR) is 144 cm³/mol. The molecule has 4 aromatic rings. The van der Waals surface area contributed by atoms with Gasteiger partial charge in [0.25, 0.3) is 0 Å². The van der Waals surface area contributed by atoms with Gasteiger partial charge in [0.1, 0.15) is 11.5 Å². The summed E-state index contributed by atoms with van der Waals surface area (Å²) in [4.78, 5) is 10.4. The molecule has 0 amide bonds. The summed E-state index contributed by atoms with van der Waals surface area (Å²) < 4.78 is 12.4. The number of nitrogens with zero attached hydrogens (tertiary/aromatic N) is 3. The van der Waals surface area contributed by atoms with Gasteiger partial charge < -0.3 is 20.1 Å². The number of hydrogen-bond donors (Lipinski definition) is 1. The fourth-order valence-electron chi connectivity index (χ4n) is 3.14. The molecule has 0 saturated heterocycles. The highest BCUT2D eigenvalue weighted by Gasteiger charge is 2.10. The van der Waals surface area contributed by atoms with E-state index in [0.717, 1.165) is 39.2 Å². The minimum absolute atomic E-state index is 0.680. The molecule has 0 fully saturated rings. The number of anilines is 2. The van der Waals surface area contributed by atoms with Gasteiger partial charge in [0.15, 0.2) is 0 Å². The van der Waals surface area contributed by atoms with E-state index < -0.39 is 0 Å². The van der Waals surface area contributed by atoms with Crippen LogP contribution >= 0.6 is 31.9 Å². The number of nitrogens with two attached hydrogens (primary N) is 1. The van der Waals surface area contributed by atoms with Crippen molar-refractivity contribution in [2.45, 2.75) is 13.1 Å². The van der Waals surface area contributed by atoms with Gasteiger partial charge >= 0.3 is 0 Å². The van der Waals surface area contributed by atoms with E-state index in [1.807, 2.05) is 30.5 Å². The van der Waals surface area contributed by atoms with Gasteiger partial charge in [0.2, 0.25) is 0 Å². The molecular weight excluding hydrogens is 560 g/mol. The van der Waals surface area contributed by atoms with E-state index in [0.29, 0.717) is 5.69 Å². The summed E-state index contributed by atoms with van der Waals surface area (Å²) in [6.45, 7) is 1.54. The first-order valence-corrected chi connectivity index (χ1v) is 12.0. The predicted octanol–water partition coefficient (Wildman–Crippen LogP) is 6.49. The van der Waals surface area contributed by atoms with Gasteiger partial charge in [-0.25, -0.2) is 0 Å². The van der Waals surface area contributed by atoms with Crippen molar-refractivity contribution in [3.8, 4) is 11.5 Å². The fourth-order valence-corrected chi connectivity index (χ4v) is 3.88. The van der Waals surface area contributed by atoms with Crippen molar-refractivity contribution in [3.05, 3.63) is 106 Å². The maximum Gasteiger partial charge on any atom is 0.118 e. The molecule has 176 valence electrons. The van der Waals surface area contributed by atoms with Crippen molar-refractivity contribution in [1.82, 2.24) is 9.97 Å². The minimum Gasteiger partial charge on any atom is -0.497 e. The molecule has 0 radical (unpaired) electrons. The Morgan fingerprint density at radius 1 is 0.706 bits per heavy atom. The van der Waals surface area contributed by atoms with Crippen LogP contribution in [0, 0.1) is 0 Å². The van der Waals surface area contributed by atoms with Crippen molar-refractivity contribution in [2.75, 3.05) is 24.9 Å². The molecule has 2 aromatic carbocycles. The van der Waals surface area contributed by atoms with Crippen LogP contribution in [0.15, 0.2) is 94.4 Å². The number of hydrogen-bond acceptors (Lipinski definition) is 6. The first-order chi connectivity index (χ1) is 16.5. The maximum absolute atomic E-state index is 5.37. The molecule has 0 unspecified atom stereocenters. The number of rotatable bonds is 7. The van der Waals surface area contributed by atoms with Crippen molar-refractivity contribution in [2.24, 2.45) is 0 Å². The van der Waals surface area contributed by atoms with Crippen LogP contribution < -0.4 is 20.1 Å². The van der Waals surface area contributed by atoms with Crippen LogP contribution in [0.3, 0.4) is 0 Å². The fraction of sp³-hybridized carbons (Fsp3) is 0.154. The summed E-state index contributed by atoms with van der Waals surface area (Å²) in [5.41, 5.74) is 9.52. The van der Waals surface area contributed by atoms with Gasteiger partial charge in [-0.2, -0.15) is 0 Å². The van der Waals surface area contributed by atoms with Gasteiger partial charge in [-0.15, -0.1) is 0 Å². The summed E-state index contributed by atoms with van der Waals surface area (Å²) in [6, 6.07) is 20.2. The van der Waals surface area contributed by atoms with Crippen LogP contribution in [0.5, 0.6) is 11.5 Å². The molecule has 8 heteroatoms. The van der Waals surface area contributed by atoms with Crippen LogP contribution in [-0.4, -0.2) is 24.2 Å². The monoisotopic (exact) mass is 584 g/mol. The Hall–Kier alpha value is -3.10. The number of methoxy groups -OCH3 is 2. The van der Waals surface area contributed by atoms with E-state index in [9.17, 15) is 0 Å². The minimum atomic E-state index is 0.680. The van der Waals surface area contributed by atoms with Crippen molar-refractivity contribution in [1.29, 1.82) is 0 Å². The third-order valence-corrected chi connectivity index (χ3v) is 5.71. The molecule has 0 spiro atoms. The number of nitrogen functional groups attached to an aromatic ring is 1. The Morgan fingerprint density at radius 2 is 1.18 bits per heavy atom. The number of benzene rings is 2. The van der Waals surface area contributed by atoms with Crippen molar-refractivity contribution < 1.29 is 9.47 Å². The third-order valence-electron chi connectivity index (χ3n) is 4.85. The molecule has 0 aliphatic rings. The van der Waals surface area contributed by atoms with Gasteiger partial charge in [-0.3, -0.25) is 9.97 Å². The zero-order valence-electron chi connectivity index (χ0n) is 19.0. The van der Waals surface area contributed by atoms with Crippen LogP contribution in [-0.2, 0) is 13.1 Å². The number of ether oxygens (including phenoxy) is 2. The highest BCUT2D eigenvalue weighted by molar-refractivity contribution is 9.10. The molecule has 0 saturated carbocycles. The maximum atomic E-state index is 5.37. The van der Waals surface area contributed by atoms with Crippen LogP contribution in [0.4, 0.5) is 11.4 Å². The lowest BCUT2D eigenvalue weighted by Gasteiger charge is -2.25. The Labute approximate surface area is 217 Å². The molecule has 2 aromatic heterocycles. The topological polar surface area (TPSA) is 73.5 Å². The van der Waals surface area contributed by atoms with E-state index in [2.05, 4.69) is 77.1 Å². The molecule has 0 aliphatic heterocycles. The highest BCUT2D eigenvalue weighted by Crippen LogP contribution is 2.24. The van der Waals surface area contributed by atoms with Crippen molar-refractivity contribution in [3.63, 3.8) is 0 Å². The second-order valence-electron chi connectivity index (χ2n) is 7.35.